The molecule has 5 heteroatoms. The van der Waals surface area contributed by atoms with Crippen LogP contribution in [0.2, 0.25) is 0 Å². The first-order valence-electron chi connectivity index (χ1n) is 5.27. The van der Waals surface area contributed by atoms with Crippen molar-refractivity contribution >= 4 is 27.7 Å². The van der Waals surface area contributed by atoms with E-state index in [1.54, 1.807) is 13.0 Å². The van der Waals surface area contributed by atoms with Gasteiger partial charge < -0.3 is 0 Å². The van der Waals surface area contributed by atoms with Gasteiger partial charge in [-0.05, 0) is 23.8 Å². The molecule has 0 aromatic heterocycles. The number of carbonyl (C=O) groups is 2. The van der Waals surface area contributed by atoms with Gasteiger partial charge in [-0.2, -0.15) is 0 Å². The van der Waals surface area contributed by atoms with Gasteiger partial charge in [0.25, 0.3) is 0 Å². The normalized spacial score (nSPS) is 24.6. The molecule has 90 valence electrons. The molecule has 0 saturated carbocycles. The monoisotopic (exact) mass is 299 g/mol. The maximum absolute atomic E-state index is 13.2. The third-order valence-electron chi connectivity index (χ3n) is 3.04. The molecule has 1 saturated heterocycles. The smallest absolute Gasteiger partial charge is 0.230 e. The zero-order chi connectivity index (χ0) is 12.6. The lowest BCUT2D eigenvalue weighted by molar-refractivity contribution is -0.136. The predicted octanol–water partition coefficient (Wildman–Crippen LogP) is 2.35. The Labute approximate surface area is 107 Å². The average Bonchev–Trinajstić information content (AvgIpc) is 2.27. The van der Waals surface area contributed by atoms with E-state index in [2.05, 4.69) is 21.2 Å². The Balaban J connectivity index is 2.40. The molecule has 1 aliphatic rings. The Morgan fingerprint density at radius 1 is 1.41 bits per heavy atom. The first-order chi connectivity index (χ1) is 7.99. The Morgan fingerprint density at radius 2 is 2.12 bits per heavy atom. The molecule has 0 radical (unpaired) electrons. The van der Waals surface area contributed by atoms with Gasteiger partial charge in [0, 0.05) is 22.7 Å². The van der Waals surface area contributed by atoms with Crippen molar-refractivity contribution in [2.75, 3.05) is 0 Å². The minimum atomic E-state index is -0.367. The Morgan fingerprint density at radius 3 is 2.82 bits per heavy atom. The number of benzene rings is 1. The number of imide groups is 1. The molecule has 2 atom stereocenters. The quantitative estimate of drug-likeness (QED) is 0.809. The molecule has 0 aliphatic carbocycles. The van der Waals surface area contributed by atoms with Crippen LogP contribution in [0.1, 0.15) is 24.8 Å². The molecule has 2 rings (SSSR count). The summed E-state index contributed by atoms with van der Waals surface area (Å²) in [5.74, 6) is -1.60. The van der Waals surface area contributed by atoms with Crippen molar-refractivity contribution in [2.24, 2.45) is 5.92 Å². The highest BCUT2D eigenvalue weighted by Gasteiger charge is 2.34. The van der Waals surface area contributed by atoms with Gasteiger partial charge in [0.15, 0.2) is 0 Å². The number of nitrogens with one attached hydrogen (secondary N) is 1. The minimum absolute atomic E-state index is 0.203. The van der Waals surface area contributed by atoms with Gasteiger partial charge in [0.05, 0.1) is 0 Å². The SMILES string of the molecule is CC1C(=O)NC(=O)CC1c1cc(F)ccc1Br. The van der Waals surface area contributed by atoms with Crippen LogP contribution in [-0.4, -0.2) is 11.8 Å². The molecule has 0 spiro atoms. The van der Waals surface area contributed by atoms with Gasteiger partial charge in [0.1, 0.15) is 5.82 Å². The first-order valence-corrected chi connectivity index (χ1v) is 6.07. The fraction of sp³-hybridized carbons (Fsp3) is 0.333. The molecule has 1 fully saturated rings. The Hall–Kier alpha value is -1.23. The summed E-state index contributed by atoms with van der Waals surface area (Å²) in [5, 5.41) is 2.28. The highest BCUT2D eigenvalue weighted by molar-refractivity contribution is 9.10. The third-order valence-corrected chi connectivity index (χ3v) is 3.76. The molecule has 1 aliphatic heterocycles. The number of halogens is 2. The molecule has 1 aromatic carbocycles. The maximum atomic E-state index is 13.2. The molecule has 1 aromatic rings. The van der Waals surface area contributed by atoms with Crippen molar-refractivity contribution < 1.29 is 14.0 Å². The molecule has 2 unspecified atom stereocenters. The van der Waals surface area contributed by atoms with Crippen molar-refractivity contribution in [3.8, 4) is 0 Å². The number of carbonyl (C=O) groups excluding carboxylic acids is 2. The molecule has 1 heterocycles. The van der Waals surface area contributed by atoms with Gasteiger partial charge in [-0.3, -0.25) is 14.9 Å². The standard InChI is InChI=1S/C12H11BrFNO2/c1-6-8(5-11(16)15-12(6)17)9-4-7(14)2-3-10(9)13/h2-4,6,8H,5H2,1H3,(H,15,16,17). The van der Waals surface area contributed by atoms with Crippen LogP contribution in [0, 0.1) is 11.7 Å². The molecule has 2 amide bonds. The second-order valence-electron chi connectivity index (χ2n) is 4.18. The number of hydrogen-bond acceptors (Lipinski definition) is 2. The van der Waals surface area contributed by atoms with Crippen molar-refractivity contribution in [1.82, 2.24) is 5.32 Å². The highest BCUT2D eigenvalue weighted by atomic mass is 79.9. The molecule has 17 heavy (non-hydrogen) atoms. The van der Waals surface area contributed by atoms with E-state index < -0.39 is 0 Å². The van der Waals surface area contributed by atoms with Gasteiger partial charge in [-0.1, -0.05) is 22.9 Å². The highest BCUT2D eigenvalue weighted by Crippen LogP contribution is 2.35. The summed E-state index contributed by atoms with van der Waals surface area (Å²) in [4.78, 5) is 22.9. The summed E-state index contributed by atoms with van der Waals surface area (Å²) in [6.45, 7) is 1.74. The van der Waals surface area contributed by atoms with Crippen LogP contribution in [0.15, 0.2) is 22.7 Å². The zero-order valence-corrected chi connectivity index (χ0v) is 10.8. The molecule has 1 N–H and O–H groups in total. The average molecular weight is 300 g/mol. The predicted molar refractivity (Wildman–Crippen MR) is 63.8 cm³/mol. The van der Waals surface area contributed by atoms with Crippen molar-refractivity contribution in [2.45, 2.75) is 19.3 Å². The lowest BCUT2D eigenvalue weighted by Crippen LogP contribution is -2.43. The molecule has 3 nitrogen and oxygen atoms in total. The van der Waals surface area contributed by atoms with Crippen molar-refractivity contribution in [3.05, 3.63) is 34.1 Å². The van der Waals surface area contributed by atoms with Crippen molar-refractivity contribution in [1.29, 1.82) is 0 Å². The topological polar surface area (TPSA) is 46.2 Å². The minimum Gasteiger partial charge on any atom is -0.296 e. The van der Waals surface area contributed by atoms with E-state index >= 15 is 0 Å². The lowest BCUT2D eigenvalue weighted by atomic mass is 9.81. The van der Waals surface area contributed by atoms with Crippen LogP contribution in [0.5, 0.6) is 0 Å². The summed E-state index contributed by atoms with van der Waals surface area (Å²) in [7, 11) is 0. The largest absolute Gasteiger partial charge is 0.296 e. The Bertz CT molecular complexity index is 489. The third kappa shape index (κ3) is 2.39. The summed E-state index contributed by atoms with van der Waals surface area (Å²) in [6.07, 6.45) is 0.203. The number of amides is 2. The molecular weight excluding hydrogens is 289 g/mol. The van der Waals surface area contributed by atoms with E-state index in [1.165, 1.54) is 12.1 Å². The fourth-order valence-electron chi connectivity index (χ4n) is 2.04. The summed E-state index contributed by atoms with van der Waals surface area (Å²) in [6, 6.07) is 4.30. The van der Waals surface area contributed by atoms with E-state index in [4.69, 9.17) is 0 Å². The van der Waals surface area contributed by atoms with Gasteiger partial charge in [-0.25, -0.2) is 4.39 Å². The van der Waals surface area contributed by atoms with Gasteiger partial charge >= 0.3 is 0 Å². The first kappa shape index (κ1) is 12.2. The lowest BCUT2D eigenvalue weighted by Gasteiger charge is -2.28. The van der Waals surface area contributed by atoms with E-state index in [0.717, 1.165) is 4.47 Å². The molecular formula is C12H11BrFNO2. The van der Waals surface area contributed by atoms with Crippen LogP contribution >= 0.6 is 15.9 Å². The number of piperidine rings is 1. The van der Waals surface area contributed by atoms with Crippen LogP contribution < -0.4 is 5.32 Å². The second-order valence-corrected chi connectivity index (χ2v) is 5.03. The number of hydrogen-bond donors (Lipinski definition) is 1. The van der Waals surface area contributed by atoms with E-state index in [9.17, 15) is 14.0 Å². The summed E-state index contributed by atoms with van der Waals surface area (Å²) in [5.41, 5.74) is 0.667. The molecule has 0 bridgehead atoms. The van der Waals surface area contributed by atoms with Crippen LogP contribution in [0.3, 0.4) is 0 Å². The van der Waals surface area contributed by atoms with E-state index in [-0.39, 0.29) is 35.9 Å². The zero-order valence-electron chi connectivity index (χ0n) is 9.17. The van der Waals surface area contributed by atoms with Crippen LogP contribution in [0.25, 0.3) is 0 Å². The van der Waals surface area contributed by atoms with Crippen molar-refractivity contribution in [3.63, 3.8) is 0 Å². The fourth-order valence-corrected chi connectivity index (χ4v) is 2.58. The van der Waals surface area contributed by atoms with E-state index in [1.807, 2.05) is 0 Å². The summed E-state index contributed by atoms with van der Waals surface area (Å²) < 4.78 is 13.9. The van der Waals surface area contributed by atoms with Gasteiger partial charge in [0.2, 0.25) is 11.8 Å². The van der Waals surface area contributed by atoms with Crippen LogP contribution in [0.4, 0.5) is 4.39 Å². The Kier molecular flexibility index (Phi) is 3.28. The number of rotatable bonds is 1. The summed E-state index contributed by atoms with van der Waals surface area (Å²) >= 11 is 3.32. The van der Waals surface area contributed by atoms with E-state index in [0.29, 0.717) is 5.56 Å². The van der Waals surface area contributed by atoms with Gasteiger partial charge in [-0.15, -0.1) is 0 Å². The maximum Gasteiger partial charge on any atom is 0.230 e. The second kappa shape index (κ2) is 4.56. The van der Waals surface area contributed by atoms with Crippen LogP contribution in [-0.2, 0) is 9.59 Å².